The summed E-state index contributed by atoms with van der Waals surface area (Å²) in [5.74, 6) is 0.0150. The van der Waals surface area contributed by atoms with Gasteiger partial charge < -0.3 is 4.74 Å². The highest BCUT2D eigenvalue weighted by Gasteiger charge is 2.21. The zero-order valence-corrected chi connectivity index (χ0v) is 19.0. The predicted molar refractivity (Wildman–Crippen MR) is 123 cm³/mol. The fourth-order valence-electron chi connectivity index (χ4n) is 3.20. The first-order valence-electron chi connectivity index (χ1n) is 10.0. The molecule has 0 amide bonds. The lowest BCUT2D eigenvalue weighted by Gasteiger charge is -2.19. The van der Waals surface area contributed by atoms with Gasteiger partial charge in [0.1, 0.15) is 0 Å². The highest BCUT2D eigenvalue weighted by Crippen LogP contribution is 2.27. The second-order valence-corrected chi connectivity index (χ2v) is 9.62. The van der Waals surface area contributed by atoms with Crippen LogP contribution in [-0.2, 0) is 16.7 Å². The number of Topliss-reactive ketones (excluding diaryl/α,β-unsaturated/α-hetero) is 1. The van der Waals surface area contributed by atoms with E-state index in [0.29, 0.717) is 34.8 Å². The molecule has 5 nitrogen and oxygen atoms in total. The number of methoxy groups -OCH3 is 1. The molecule has 0 fully saturated rings. The number of nitrogens with zero attached hydrogens (tertiary/aromatic N) is 2. The number of rotatable bonds is 7. The van der Waals surface area contributed by atoms with Crippen LogP contribution in [0.15, 0.2) is 58.5 Å². The Bertz CT molecular complexity index is 1100. The Morgan fingerprint density at radius 1 is 1.13 bits per heavy atom. The molecule has 0 saturated heterocycles. The molecular weight excluding hydrogens is 396 g/mol. The minimum absolute atomic E-state index is 0.0150. The number of carbonyl (C=O) groups is 1. The first kappa shape index (κ1) is 22.2. The average Bonchev–Trinajstić information content (AvgIpc) is 2.72. The van der Waals surface area contributed by atoms with Gasteiger partial charge in [0.2, 0.25) is 0 Å². The smallest absolute Gasteiger partial charge is 0.262 e. The van der Waals surface area contributed by atoms with Crippen LogP contribution in [0.25, 0.3) is 10.9 Å². The third-order valence-electron chi connectivity index (χ3n) is 5.03. The van der Waals surface area contributed by atoms with Crippen LogP contribution in [0.3, 0.4) is 0 Å². The second kappa shape index (κ2) is 9.14. The van der Waals surface area contributed by atoms with E-state index in [1.807, 2.05) is 49.4 Å². The molecule has 0 N–H and O–H groups in total. The molecule has 0 aliphatic carbocycles. The molecule has 1 atom stereocenters. The molecule has 2 aromatic carbocycles. The summed E-state index contributed by atoms with van der Waals surface area (Å²) in [6, 6.07) is 15.0. The lowest BCUT2D eigenvalue weighted by Crippen LogP contribution is -2.26. The lowest BCUT2D eigenvalue weighted by molar-refractivity contribution is 0.0993. The van der Waals surface area contributed by atoms with Crippen LogP contribution >= 0.6 is 11.8 Å². The molecule has 3 aromatic rings. The largest absolute Gasteiger partial charge is 0.383 e. The Hall–Kier alpha value is -2.44. The van der Waals surface area contributed by atoms with E-state index in [4.69, 9.17) is 4.74 Å². The molecule has 0 saturated carbocycles. The summed E-state index contributed by atoms with van der Waals surface area (Å²) in [6.07, 6.45) is 0. The summed E-state index contributed by atoms with van der Waals surface area (Å²) in [5, 5.41) is 0.713. The normalized spacial score (nSPS) is 12.8. The zero-order valence-electron chi connectivity index (χ0n) is 18.1. The van der Waals surface area contributed by atoms with Gasteiger partial charge in [-0.3, -0.25) is 14.2 Å². The molecule has 1 heterocycles. The number of ketones is 1. The number of benzene rings is 2. The SMILES string of the molecule is COCCn1c(S[C@H](C)C(=O)c2ccc(C(C)(C)C)cc2)nc2ccccc2c1=O. The van der Waals surface area contributed by atoms with Gasteiger partial charge in [0, 0.05) is 12.7 Å². The van der Waals surface area contributed by atoms with Crippen molar-refractivity contribution in [2.24, 2.45) is 0 Å². The van der Waals surface area contributed by atoms with Crippen molar-refractivity contribution in [3.8, 4) is 0 Å². The van der Waals surface area contributed by atoms with Gasteiger partial charge in [-0.15, -0.1) is 0 Å². The van der Waals surface area contributed by atoms with Gasteiger partial charge >= 0.3 is 0 Å². The number of para-hydroxylation sites is 1. The summed E-state index contributed by atoms with van der Waals surface area (Å²) in [5.41, 5.74) is 2.40. The third-order valence-corrected chi connectivity index (χ3v) is 6.12. The number of hydrogen-bond donors (Lipinski definition) is 0. The van der Waals surface area contributed by atoms with Gasteiger partial charge in [0.15, 0.2) is 10.9 Å². The molecular formula is C24H28N2O3S. The Kier molecular flexibility index (Phi) is 6.78. The van der Waals surface area contributed by atoms with Crippen molar-refractivity contribution in [2.45, 2.75) is 50.1 Å². The minimum atomic E-state index is -0.382. The molecule has 3 rings (SSSR count). The first-order chi connectivity index (χ1) is 14.2. The Morgan fingerprint density at radius 2 is 1.80 bits per heavy atom. The summed E-state index contributed by atoms with van der Waals surface area (Å²) in [4.78, 5) is 30.7. The number of carbonyl (C=O) groups excluding carboxylic acids is 1. The molecule has 158 valence electrons. The molecule has 0 radical (unpaired) electrons. The van der Waals surface area contributed by atoms with E-state index in [2.05, 4.69) is 25.8 Å². The van der Waals surface area contributed by atoms with Crippen molar-refractivity contribution in [1.82, 2.24) is 9.55 Å². The van der Waals surface area contributed by atoms with Gasteiger partial charge in [-0.25, -0.2) is 4.98 Å². The molecule has 0 bridgehead atoms. The van der Waals surface area contributed by atoms with E-state index >= 15 is 0 Å². The highest BCUT2D eigenvalue weighted by atomic mass is 32.2. The molecule has 0 aliphatic rings. The zero-order chi connectivity index (χ0) is 21.9. The van der Waals surface area contributed by atoms with E-state index in [-0.39, 0.29) is 22.0 Å². The molecule has 1 aromatic heterocycles. The third kappa shape index (κ3) is 4.82. The predicted octanol–water partition coefficient (Wildman–Crippen LogP) is 4.70. The topological polar surface area (TPSA) is 61.2 Å². The Morgan fingerprint density at radius 3 is 2.43 bits per heavy atom. The maximum atomic E-state index is 13.0. The number of thioether (sulfide) groups is 1. The van der Waals surface area contributed by atoms with Crippen LogP contribution in [0.5, 0.6) is 0 Å². The van der Waals surface area contributed by atoms with Gasteiger partial charge in [-0.1, -0.05) is 68.9 Å². The summed E-state index contributed by atoms with van der Waals surface area (Å²) >= 11 is 1.31. The van der Waals surface area contributed by atoms with Crippen LogP contribution in [0, 0.1) is 0 Å². The van der Waals surface area contributed by atoms with Gasteiger partial charge in [-0.2, -0.15) is 0 Å². The van der Waals surface area contributed by atoms with E-state index in [9.17, 15) is 9.59 Å². The highest BCUT2D eigenvalue weighted by molar-refractivity contribution is 8.00. The number of aromatic nitrogens is 2. The summed E-state index contributed by atoms with van der Waals surface area (Å²) in [7, 11) is 1.60. The number of fused-ring (bicyclic) bond motifs is 1. The van der Waals surface area contributed by atoms with E-state index in [1.165, 1.54) is 17.3 Å². The van der Waals surface area contributed by atoms with E-state index in [0.717, 1.165) is 0 Å². The lowest BCUT2D eigenvalue weighted by atomic mass is 9.86. The number of hydrogen-bond acceptors (Lipinski definition) is 5. The molecule has 0 unspecified atom stereocenters. The minimum Gasteiger partial charge on any atom is -0.383 e. The molecule has 6 heteroatoms. The standard InChI is InChI=1S/C24H28N2O3S/c1-16(21(27)17-10-12-18(13-11-17)24(2,3)4)30-23-25-20-9-7-6-8-19(20)22(28)26(23)14-15-29-5/h6-13,16H,14-15H2,1-5H3/t16-/m1/s1. The fraction of sp³-hybridized carbons (Fsp3) is 0.375. The van der Waals surface area contributed by atoms with Crippen LogP contribution in [0.2, 0.25) is 0 Å². The first-order valence-corrected chi connectivity index (χ1v) is 10.9. The molecule has 0 aliphatic heterocycles. The van der Waals surface area contributed by atoms with Gasteiger partial charge in [-0.05, 0) is 30.0 Å². The van der Waals surface area contributed by atoms with Crippen LogP contribution in [0.4, 0.5) is 0 Å². The van der Waals surface area contributed by atoms with Crippen molar-refractivity contribution >= 4 is 28.4 Å². The fourth-order valence-corrected chi connectivity index (χ4v) is 4.21. The van der Waals surface area contributed by atoms with Crippen molar-refractivity contribution < 1.29 is 9.53 Å². The van der Waals surface area contributed by atoms with Gasteiger partial charge in [0.25, 0.3) is 5.56 Å². The van der Waals surface area contributed by atoms with E-state index in [1.54, 1.807) is 17.7 Å². The molecule has 0 spiro atoms. The average molecular weight is 425 g/mol. The van der Waals surface area contributed by atoms with Crippen LogP contribution in [-0.4, -0.2) is 34.3 Å². The quantitative estimate of drug-likeness (QED) is 0.312. The van der Waals surface area contributed by atoms with Crippen LogP contribution < -0.4 is 5.56 Å². The van der Waals surface area contributed by atoms with Crippen molar-refractivity contribution in [1.29, 1.82) is 0 Å². The van der Waals surface area contributed by atoms with E-state index < -0.39 is 0 Å². The Balaban J connectivity index is 1.90. The summed E-state index contributed by atoms with van der Waals surface area (Å²) < 4.78 is 6.76. The van der Waals surface area contributed by atoms with Crippen molar-refractivity contribution in [3.05, 3.63) is 70.0 Å². The van der Waals surface area contributed by atoms with Crippen molar-refractivity contribution in [2.75, 3.05) is 13.7 Å². The second-order valence-electron chi connectivity index (χ2n) is 8.31. The molecule has 30 heavy (non-hydrogen) atoms. The maximum Gasteiger partial charge on any atom is 0.262 e. The van der Waals surface area contributed by atoms with Crippen molar-refractivity contribution in [3.63, 3.8) is 0 Å². The van der Waals surface area contributed by atoms with Crippen LogP contribution in [0.1, 0.15) is 43.6 Å². The maximum absolute atomic E-state index is 13.0. The monoisotopic (exact) mass is 424 g/mol. The number of ether oxygens (including phenoxy) is 1. The Labute approximate surface area is 181 Å². The summed E-state index contributed by atoms with van der Waals surface area (Å²) in [6.45, 7) is 9.07. The van der Waals surface area contributed by atoms with Gasteiger partial charge in [0.05, 0.1) is 29.3 Å².